The van der Waals surface area contributed by atoms with Crippen molar-refractivity contribution in [2.45, 2.75) is 6.92 Å². The summed E-state index contributed by atoms with van der Waals surface area (Å²) in [5, 5.41) is 5.86. The van der Waals surface area contributed by atoms with Crippen molar-refractivity contribution < 1.29 is 14.0 Å². The molecule has 0 radical (unpaired) electrons. The second-order valence-corrected chi connectivity index (χ2v) is 6.36. The third-order valence-electron chi connectivity index (χ3n) is 3.97. The molecule has 136 valence electrons. The van der Waals surface area contributed by atoms with E-state index in [1.807, 2.05) is 25.1 Å². The lowest BCUT2D eigenvalue weighted by Crippen LogP contribution is -2.18. The Kier molecular flexibility index (Phi) is 5.52. The maximum atomic E-state index is 13.0. The third-order valence-corrected chi connectivity index (χ3v) is 4.21. The van der Waals surface area contributed by atoms with Gasteiger partial charge >= 0.3 is 0 Å². The molecule has 6 heteroatoms. The van der Waals surface area contributed by atoms with E-state index < -0.39 is 11.7 Å². The molecule has 0 bridgehead atoms. The van der Waals surface area contributed by atoms with Crippen molar-refractivity contribution in [2.75, 3.05) is 10.6 Å². The minimum absolute atomic E-state index is 0.262. The van der Waals surface area contributed by atoms with Crippen molar-refractivity contribution in [2.24, 2.45) is 0 Å². The van der Waals surface area contributed by atoms with Crippen LogP contribution in [0.5, 0.6) is 0 Å². The zero-order valence-electron chi connectivity index (χ0n) is 14.4. The summed E-state index contributed by atoms with van der Waals surface area (Å²) >= 11 is 6.02. The van der Waals surface area contributed by atoms with Gasteiger partial charge in [-0.2, -0.15) is 0 Å². The Bertz CT molecular complexity index is 1000. The molecule has 4 nitrogen and oxygen atoms in total. The number of para-hydroxylation sites is 1. The average molecular weight is 383 g/mol. The highest BCUT2D eigenvalue weighted by Gasteiger charge is 2.16. The Balaban J connectivity index is 1.86. The summed E-state index contributed by atoms with van der Waals surface area (Å²) in [6.07, 6.45) is 0. The van der Waals surface area contributed by atoms with Gasteiger partial charge in [0.15, 0.2) is 0 Å². The lowest BCUT2D eigenvalue weighted by Gasteiger charge is -2.13. The predicted octanol–water partition coefficient (Wildman–Crippen LogP) is 5.29. The van der Waals surface area contributed by atoms with Crippen LogP contribution in [0.2, 0.25) is 5.02 Å². The van der Waals surface area contributed by atoms with E-state index in [1.165, 1.54) is 36.4 Å². The molecule has 3 aromatic rings. The van der Waals surface area contributed by atoms with E-state index in [-0.39, 0.29) is 22.7 Å². The number of carbonyl (C=O) groups excluding carboxylic acids is 2. The van der Waals surface area contributed by atoms with Crippen LogP contribution in [-0.4, -0.2) is 11.8 Å². The second-order valence-electron chi connectivity index (χ2n) is 5.92. The fraction of sp³-hybridized carbons (Fsp3) is 0.0476. The van der Waals surface area contributed by atoms with Crippen LogP contribution in [0.4, 0.5) is 15.8 Å². The average Bonchev–Trinajstić information content (AvgIpc) is 2.64. The predicted molar refractivity (Wildman–Crippen MR) is 105 cm³/mol. The summed E-state index contributed by atoms with van der Waals surface area (Å²) in [6, 6.07) is 17.1. The van der Waals surface area contributed by atoms with Crippen LogP contribution in [-0.2, 0) is 0 Å². The number of nitrogens with one attached hydrogen (secondary N) is 2. The van der Waals surface area contributed by atoms with Crippen LogP contribution in [0.3, 0.4) is 0 Å². The summed E-state index contributed by atoms with van der Waals surface area (Å²) < 4.78 is 13.0. The molecule has 0 unspecified atom stereocenters. The Hall–Kier alpha value is -3.18. The van der Waals surface area contributed by atoms with Crippen LogP contribution in [0.25, 0.3) is 0 Å². The monoisotopic (exact) mass is 382 g/mol. The maximum absolute atomic E-state index is 13.0. The number of halogens is 2. The standard InChI is InChI=1S/C21H16ClFN2O2/c1-13-4-2-3-5-18(13)24-21(27)17-11-8-15(22)12-19(17)25-20(26)14-6-9-16(23)10-7-14/h2-12H,1H3,(H,24,27)(H,25,26). The van der Waals surface area contributed by atoms with Crippen LogP contribution >= 0.6 is 11.6 Å². The van der Waals surface area contributed by atoms with Gasteiger partial charge in [0.1, 0.15) is 5.82 Å². The Labute approximate surface area is 161 Å². The van der Waals surface area contributed by atoms with Crippen molar-refractivity contribution in [3.05, 3.63) is 94.3 Å². The molecule has 2 amide bonds. The Morgan fingerprint density at radius 1 is 0.852 bits per heavy atom. The highest BCUT2D eigenvalue weighted by atomic mass is 35.5. The van der Waals surface area contributed by atoms with E-state index in [9.17, 15) is 14.0 Å². The first-order valence-corrected chi connectivity index (χ1v) is 8.55. The maximum Gasteiger partial charge on any atom is 0.257 e. The number of anilines is 2. The van der Waals surface area contributed by atoms with Crippen molar-refractivity contribution in [1.29, 1.82) is 0 Å². The third kappa shape index (κ3) is 4.51. The summed E-state index contributed by atoms with van der Waals surface area (Å²) in [5.41, 5.74) is 2.38. The zero-order chi connectivity index (χ0) is 19.4. The van der Waals surface area contributed by atoms with Gasteiger partial charge in [0, 0.05) is 16.3 Å². The fourth-order valence-electron chi connectivity index (χ4n) is 2.52. The second kappa shape index (κ2) is 8.01. The van der Waals surface area contributed by atoms with Crippen LogP contribution in [0.15, 0.2) is 66.7 Å². The molecule has 3 aromatic carbocycles. The lowest BCUT2D eigenvalue weighted by atomic mass is 10.1. The minimum Gasteiger partial charge on any atom is -0.322 e. The van der Waals surface area contributed by atoms with Crippen molar-refractivity contribution in [3.8, 4) is 0 Å². The number of aryl methyl sites for hydroxylation is 1. The van der Waals surface area contributed by atoms with E-state index >= 15 is 0 Å². The number of amides is 2. The first kappa shape index (κ1) is 18.6. The van der Waals surface area contributed by atoms with E-state index in [0.29, 0.717) is 10.7 Å². The molecule has 0 heterocycles. The minimum atomic E-state index is -0.470. The summed E-state index contributed by atoms with van der Waals surface area (Å²) in [4.78, 5) is 25.1. The lowest BCUT2D eigenvalue weighted by molar-refractivity contribution is 0.102. The molecule has 0 fully saturated rings. The summed E-state index contributed by atoms with van der Waals surface area (Å²) in [6.45, 7) is 1.88. The zero-order valence-corrected chi connectivity index (χ0v) is 15.2. The van der Waals surface area contributed by atoms with Gasteiger partial charge in [0.05, 0.1) is 11.3 Å². The molecule has 2 N–H and O–H groups in total. The molecule has 0 saturated carbocycles. The first-order chi connectivity index (χ1) is 12.9. The van der Waals surface area contributed by atoms with E-state index in [1.54, 1.807) is 12.1 Å². The number of carbonyl (C=O) groups is 2. The van der Waals surface area contributed by atoms with Gasteiger partial charge in [-0.15, -0.1) is 0 Å². The van der Waals surface area contributed by atoms with E-state index in [0.717, 1.165) is 5.56 Å². The van der Waals surface area contributed by atoms with Gasteiger partial charge in [0.25, 0.3) is 11.8 Å². The van der Waals surface area contributed by atoms with Crippen LogP contribution < -0.4 is 10.6 Å². The molecule has 0 aliphatic heterocycles. The number of hydrogen-bond acceptors (Lipinski definition) is 2. The molecule has 0 aliphatic rings. The number of rotatable bonds is 4. The number of hydrogen-bond donors (Lipinski definition) is 2. The Morgan fingerprint density at radius 3 is 2.22 bits per heavy atom. The van der Waals surface area contributed by atoms with E-state index in [4.69, 9.17) is 11.6 Å². The normalized spacial score (nSPS) is 10.3. The van der Waals surface area contributed by atoms with Gasteiger partial charge in [-0.05, 0) is 61.0 Å². The molecule has 0 saturated heterocycles. The molecule has 27 heavy (non-hydrogen) atoms. The topological polar surface area (TPSA) is 58.2 Å². The summed E-state index contributed by atoms with van der Waals surface area (Å²) in [7, 11) is 0. The van der Waals surface area contributed by atoms with Gasteiger partial charge in [-0.25, -0.2) is 4.39 Å². The van der Waals surface area contributed by atoms with Gasteiger partial charge < -0.3 is 10.6 Å². The first-order valence-electron chi connectivity index (χ1n) is 8.17. The highest BCUT2D eigenvalue weighted by Crippen LogP contribution is 2.24. The summed E-state index contributed by atoms with van der Waals surface area (Å²) in [5.74, 6) is -1.29. The highest BCUT2D eigenvalue weighted by molar-refractivity contribution is 6.31. The molecule has 0 spiro atoms. The van der Waals surface area contributed by atoms with Crippen molar-refractivity contribution in [1.82, 2.24) is 0 Å². The molecule has 0 atom stereocenters. The van der Waals surface area contributed by atoms with Crippen molar-refractivity contribution in [3.63, 3.8) is 0 Å². The molecular weight excluding hydrogens is 367 g/mol. The van der Waals surface area contributed by atoms with Crippen molar-refractivity contribution >= 4 is 34.8 Å². The van der Waals surface area contributed by atoms with Gasteiger partial charge in [-0.3, -0.25) is 9.59 Å². The molecule has 3 rings (SSSR count). The molecular formula is C21H16ClFN2O2. The fourth-order valence-corrected chi connectivity index (χ4v) is 2.69. The SMILES string of the molecule is Cc1ccccc1NC(=O)c1ccc(Cl)cc1NC(=O)c1ccc(F)cc1. The number of benzene rings is 3. The van der Waals surface area contributed by atoms with E-state index in [2.05, 4.69) is 10.6 Å². The molecule has 0 aromatic heterocycles. The quantitative estimate of drug-likeness (QED) is 0.644. The van der Waals surface area contributed by atoms with Crippen LogP contribution in [0, 0.1) is 12.7 Å². The largest absolute Gasteiger partial charge is 0.322 e. The van der Waals surface area contributed by atoms with Gasteiger partial charge in [0.2, 0.25) is 0 Å². The Morgan fingerprint density at radius 2 is 1.52 bits per heavy atom. The molecule has 0 aliphatic carbocycles. The smallest absolute Gasteiger partial charge is 0.257 e. The van der Waals surface area contributed by atoms with Crippen LogP contribution in [0.1, 0.15) is 26.3 Å². The van der Waals surface area contributed by atoms with Gasteiger partial charge in [-0.1, -0.05) is 29.8 Å².